The fraction of sp³-hybridized carbons (Fsp3) is 0.375. The normalized spacial score (nSPS) is 11.8. The standard InChI is InChI=1S/C16H20F3N5.HI/c1-3-20-15(22-9-13-10-23-24(2)11-13)21-8-12-4-6-14(7-5-12)16(17,18)19;/h4-7,10-11H,3,8-9H2,1-2H3,(H2,20,21,22);1H. The van der Waals surface area contributed by atoms with Crippen molar-refractivity contribution in [2.24, 2.45) is 12.0 Å². The van der Waals surface area contributed by atoms with Crippen LogP contribution in [0, 0.1) is 0 Å². The molecule has 0 saturated heterocycles. The Hall–Kier alpha value is -1.78. The number of rotatable bonds is 5. The smallest absolute Gasteiger partial charge is 0.357 e. The van der Waals surface area contributed by atoms with Crippen LogP contribution in [0.2, 0.25) is 0 Å². The summed E-state index contributed by atoms with van der Waals surface area (Å²) < 4.78 is 39.3. The summed E-state index contributed by atoms with van der Waals surface area (Å²) in [5, 5.41) is 10.3. The van der Waals surface area contributed by atoms with Gasteiger partial charge in [0, 0.05) is 31.9 Å². The fourth-order valence-electron chi connectivity index (χ4n) is 2.06. The second-order valence-corrected chi connectivity index (χ2v) is 5.27. The molecule has 1 aromatic carbocycles. The third-order valence-corrected chi connectivity index (χ3v) is 3.26. The molecular weight excluding hydrogens is 446 g/mol. The second-order valence-electron chi connectivity index (χ2n) is 5.27. The van der Waals surface area contributed by atoms with Crippen molar-refractivity contribution >= 4 is 29.9 Å². The van der Waals surface area contributed by atoms with E-state index in [0.29, 0.717) is 25.6 Å². The molecule has 0 fully saturated rings. The van der Waals surface area contributed by atoms with Gasteiger partial charge in [0.05, 0.1) is 18.3 Å². The number of nitrogens with one attached hydrogen (secondary N) is 2. The van der Waals surface area contributed by atoms with Gasteiger partial charge < -0.3 is 10.6 Å². The van der Waals surface area contributed by atoms with E-state index in [1.54, 1.807) is 10.9 Å². The first-order chi connectivity index (χ1) is 11.4. The minimum atomic E-state index is -4.31. The molecule has 138 valence electrons. The van der Waals surface area contributed by atoms with Crippen LogP contribution in [0.25, 0.3) is 0 Å². The molecule has 2 N–H and O–H groups in total. The molecule has 0 bridgehead atoms. The molecule has 0 radical (unpaired) electrons. The lowest BCUT2D eigenvalue weighted by molar-refractivity contribution is -0.137. The molecule has 0 atom stereocenters. The van der Waals surface area contributed by atoms with Crippen LogP contribution in [0.1, 0.15) is 23.6 Å². The van der Waals surface area contributed by atoms with Crippen molar-refractivity contribution < 1.29 is 13.2 Å². The minimum Gasteiger partial charge on any atom is -0.357 e. The number of nitrogens with zero attached hydrogens (tertiary/aromatic N) is 3. The monoisotopic (exact) mass is 467 g/mol. The van der Waals surface area contributed by atoms with Crippen LogP contribution in [0.3, 0.4) is 0 Å². The quantitative estimate of drug-likeness (QED) is 0.403. The van der Waals surface area contributed by atoms with Crippen LogP contribution in [-0.4, -0.2) is 22.3 Å². The van der Waals surface area contributed by atoms with E-state index in [1.165, 1.54) is 12.1 Å². The number of aromatic nitrogens is 2. The first-order valence-electron chi connectivity index (χ1n) is 7.54. The number of hydrogen-bond acceptors (Lipinski definition) is 2. The average molecular weight is 467 g/mol. The summed E-state index contributed by atoms with van der Waals surface area (Å²) >= 11 is 0. The number of aryl methyl sites for hydroxylation is 1. The van der Waals surface area contributed by atoms with Crippen LogP contribution in [-0.2, 0) is 26.3 Å². The van der Waals surface area contributed by atoms with Crippen molar-refractivity contribution in [2.45, 2.75) is 26.2 Å². The maximum Gasteiger partial charge on any atom is 0.416 e. The highest BCUT2D eigenvalue weighted by Gasteiger charge is 2.29. The maximum atomic E-state index is 12.5. The summed E-state index contributed by atoms with van der Waals surface area (Å²) in [5.74, 6) is 0.598. The number of guanidine groups is 1. The molecule has 0 aliphatic carbocycles. The topological polar surface area (TPSA) is 54.2 Å². The van der Waals surface area contributed by atoms with Crippen molar-refractivity contribution in [3.63, 3.8) is 0 Å². The molecule has 2 aromatic rings. The maximum absolute atomic E-state index is 12.5. The van der Waals surface area contributed by atoms with Crippen molar-refractivity contribution in [3.8, 4) is 0 Å². The Morgan fingerprint density at radius 1 is 1.16 bits per heavy atom. The molecule has 0 spiro atoms. The first-order valence-corrected chi connectivity index (χ1v) is 7.54. The van der Waals surface area contributed by atoms with Gasteiger partial charge >= 0.3 is 6.18 Å². The van der Waals surface area contributed by atoms with E-state index in [1.807, 2.05) is 20.2 Å². The summed E-state index contributed by atoms with van der Waals surface area (Å²) in [4.78, 5) is 4.43. The molecule has 1 aromatic heterocycles. The van der Waals surface area contributed by atoms with Crippen molar-refractivity contribution in [1.29, 1.82) is 0 Å². The lowest BCUT2D eigenvalue weighted by Crippen LogP contribution is -2.36. The summed E-state index contributed by atoms with van der Waals surface area (Å²) in [6.45, 7) is 3.48. The van der Waals surface area contributed by atoms with Gasteiger partial charge in [-0.25, -0.2) is 4.99 Å². The highest BCUT2D eigenvalue weighted by atomic mass is 127. The van der Waals surface area contributed by atoms with Gasteiger partial charge in [-0.1, -0.05) is 12.1 Å². The van der Waals surface area contributed by atoms with Crippen LogP contribution in [0.4, 0.5) is 13.2 Å². The number of hydrogen-bond donors (Lipinski definition) is 2. The molecule has 0 amide bonds. The summed E-state index contributed by atoms with van der Waals surface area (Å²) in [6, 6.07) is 5.08. The van der Waals surface area contributed by atoms with Crippen LogP contribution < -0.4 is 10.6 Å². The fourth-order valence-corrected chi connectivity index (χ4v) is 2.06. The second kappa shape index (κ2) is 9.64. The zero-order chi connectivity index (χ0) is 17.6. The van der Waals surface area contributed by atoms with E-state index in [9.17, 15) is 13.2 Å². The number of aliphatic imine (C=N–C) groups is 1. The van der Waals surface area contributed by atoms with Gasteiger partial charge in [-0.3, -0.25) is 4.68 Å². The Balaban J connectivity index is 0.00000312. The molecule has 25 heavy (non-hydrogen) atoms. The van der Waals surface area contributed by atoms with Gasteiger partial charge in [-0.05, 0) is 24.6 Å². The summed E-state index contributed by atoms with van der Waals surface area (Å²) in [6.07, 6.45) is -0.697. The third-order valence-electron chi connectivity index (χ3n) is 3.26. The van der Waals surface area contributed by atoms with E-state index in [0.717, 1.165) is 23.3 Å². The van der Waals surface area contributed by atoms with Gasteiger partial charge in [-0.15, -0.1) is 24.0 Å². The van der Waals surface area contributed by atoms with E-state index < -0.39 is 11.7 Å². The van der Waals surface area contributed by atoms with E-state index in [2.05, 4.69) is 20.7 Å². The SMILES string of the molecule is CCNC(=NCc1cnn(C)c1)NCc1ccc(C(F)(F)F)cc1.I. The predicted octanol–water partition coefficient (Wildman–Crippen LogP) is 3.31. The summed E-state index contributed by atoms with van der Waals surface area (Å²) in [5.41, 5.74) is 1.07. The molecular formula is C16H21F3IN5. The Kier molecular flexibility index (Phi) is 8.20. The molecule has 9 heteroatoms. The lowest BCUT2D eigenvalue weighted by Gasteiger charge is -2.12. The molecule has 2 rings (SSSR count). The van der Waals surface area contributed by atoms with Crippen LogP contribution in [0.15, 0.2) is 41.7 Å². The Morgan fingerprint density at radius 3 is 2.36 bits per heavy atom. The van der Waals surface area contributed by atoms with E-state index in [-0.39, 0.29) is 24.0 Å². The van der Waals surface area contributed by atoms with Gasteiger partial charge in [0.25, 0.3) is 0 Å². The van der Waals surface area contributed by atoms with Gasteiger partial charge in [0.1, 0.15) is 0 Å². The zero-order valence-corrected chi connectivity index (χ0v) is 16.3. The zero-order valence-electron chi connectivity index (χ0n) is 14.0. The first kappa shape index (κ1) is 21.3. The molecule has 0 unspecified atom stereocenters. The van der Waals surface area contributed by atoms with Crippen molar-refractivity contribution in [3.05, 3.63) is 53.3 Å². The molecule has 5 nitrogen and oxygen atoms in total. The number of alkyl halides is 3. The highest BCUT2D eigenvalue weighted by Crippen LogP contribution is 2.28. The minimum absolute atomic E-state index is 0. The van der Waals surface area contributed by atoms with Crippen molar-refractivity contribution in [1.82, 2.24) is 20.4 Å². The molecule has 1 heterocycles. The Morgan fingerprint density at radius 2 is 1.84 bits per heavy atom. The summed E-state index contributed by atoms with van der Waals surface area (Å²) in [7, 11) is 1.83. The molecule has 0 aliphatic rings. The highest BCUT2D eigenvalue weighted by molar-refractivity contribution is 14.0. The largest absolute Gasteiger partial charge is 0.416 e. The van der Waals surface area contributed by atoms with Gasteiger partial charge in [0.15, 0.2) is 5.96 Å². The molecule has 0 saturated carbocycles. The average Bonchev–Trinajstić information content (AvgIpc) is 2.95. The van der Waals surface area contributed by atoms with Gasteiger partial charge in [0.2, 0.25) is 0 Å². The Bertz CT molecular complexity index is 680. The van der Waals surface area contributed by atoms with E-state index >= 15 is 0 Å². The molecule has 0 aliphatic heterocycles. The Labute approximate surface area is 161 Å². The van der Waals surface area contributed by atoms with Crippen molar-refractivity contribution in [2.75, 3.05) is 6.54 Å². The van der Waals surface area contributed by atoms with Crippen LogP contribution >= 0.6 is 24.0 Å². The van der Waals surface area contributed by atoms with Gasteiger partial charge in [-0.2, -0.15) is 18.3 Å². The number of benzene rings is 1. The third kappa shape index (κ3) is 6.92. The number of halogens is 4. The lowest BCUT2D eigenvalue weighted by atomic mass is 10.1. The predicted molar refractivity (Wildman–Crippen MR) is 102 cm³/mol. The van der Waals surface area contributed by atoms with E-state index in [4.69, 9.17) is 0 Å². The van der Waals surface area contributed by atoms with Crippen LogP contribution in [0.5, 0.6) is 0 Å².